The number of allylic oxidation sites excluding steroid dienone is 1. The molecule has 2 N–H and O–H groups in total. The number of aliphatic hydroxyl groups excluding tert-OH is 2. The molecule has 30 heavy (non-hydrogen) atoms. The van der Waals surface area contributed by atoms with Crippen LogP contribution in [-0.4, -0.2) is 29.5 Å². The molecule has 3 saturated carbocycles. The lowest BCUT2D eigenvalue weighted by atomic mass is 9.48. The van der Waals surface area contributed by atoms with Gasteiger partial charge in [0.2, 0.25) is 0 Å². The molecule has 162 valence electrons. The van der Waals surface area contributed by atoms with Gasteiger partial charge < -0.3 is 14.9 Å². The van der Waals surface area contributed by atoms with Gasteiger partial charge in [-0.25, -0.2) is 0 Å². The molecule has 0 aromatic heterocycles. The van der Waals surface area contributed by atoms with E-state index in [1.807, 2.05) is 12.1 Å². The molecule has 0 heterocycles. The highest BCUT2D eigenvalue weighted by Crippen LogP contribution is 2.65. The third kappa shape index (κ3) is 3.00. The fourth-order valence-corrected chi connectivity index (χ4v) is 7.55. The molecule has 4 aliphatic carbocycles. The Bertz CT molecular complexity index is 869. The van der Waals surface area contributed by atoms with Gasteiger partial charge >= 0.3 is 0 Å². The first-order chi connectivity index (χ1) is 14.3. The first-order valence-corrected chi connectivity index (χ1v) is 11.8. The average Bonchev–Trinajstić information content (AvgIpc) is 3.00. The molecule has 0 saturated heterocycles. The second kappa shape index (κ2) is 7.24. The van der Waals surface area contributed by atoms with E-state index < -0.39 is 0 Å². The molecule has 4 aliphatic rings. The van der Waals surface area contributed by atoms with E-state index >= 15 is 0 Å². The summed E-state index contributed by atoms with van der Waals surface area (Å²) in [5.41, 5.74) is 4.08. The predicted octanol–water partition coefficient (Wildman–Crippen LogP) is 5.37. The number of rotatable bonds is 2. The van der Waals surface area contributed by atoms with Gasteiger partial charge in [-0.2, -0.15) is 0 Å². The zero-order valence-electron chi connectivity index (χ0n) is 18.6. The Labute approximate surface area is 180 Å². The highest BCUT2D eigenvalue weighted by molar-refractivity contribution is 5.56. The molecule has 7 atom stereocenters. The van der Waals surface area contributed by atoms with Gasteiger partial charge in [-0.3, -0.25) is 0 Å². The van der Waals surface area contributed by atoms with Gasteiger partial charge in [0.15, 0.2) is 0 Å². The number of benzene rings is 1. The van der Waals surface area contributed by atoms with Gasteiger partial charge in [0, 0.05) is 5.41 Å². The molecular weight excluding hydrogens is 372 g/mol. The van der Waals surface area contributed by atoms with Gasteiger partial charge in [-0.05, 0) is 91.4 Å². The van der Waals surface area contributed by atoms with E-state index in [0.717, 1.165) is 49.8 Å². The van der Waals surface area contributed by atoms with Gasteiger partial charge in [0.25, 0.3) is 0 Å². The first-order valence-electron chi connectivity index (χ1n) is 11.8. The molecule has 1 aromatic carbocycles. The summed E-state index contributed by atoms with van der Waals surface area (Å²) in [6.07, 6.45) is 11.5. The van der Waals surface area contributed by atoms with Crippen LogP contribution < -0.4 is 4.74 Å². The Morgan fingerprint density at radius 2 is 1.77 bits per heavy atom. The molecule has 3 nitrogen and oxygen atoms in total. The van der Waals surface area contributed by atoms with E-state index in [9.17, 15) is 10.2 Å². The predicted molar refractivity (Wildman–Crippen MR) is 120 cm³/mol. The van der Waals surface area contributed by atoms with Crippen molar-refractivity contribution in [3.8, 4) is 5.75 Å². The summed E-state index contributed by atoms with van der Waals surface area (Å²) in [4.78, 5) is 0. The minimum atomic E-state index is -0.350. The van der Waals surface area contributed by atoms with Crippen LogP contribution in [0.2, 0.25) is 0 Å². The van der Waals surface area contributed by atoms with Gasteiger partial charge in [0.05, 0.1) is 19.3 Å². The third-order valence-corrected chi connectivity index (χ3v) is 9.41. The fourth-order valence-electron chi connectivity index (χ4n) is 7.55. The molecule has 3 fully saturated rings. The molecular formula is C27H36O3. The van der Waals surface area contributed by atoms with Gasteiger partial charge in [-0.15, -0.1) is 0 Å². The summed E-state index contributed by atoms with van der Waals surface area (Å²) < 4.78 is 5.28. The molecule has 0 spiro atoms. The molecule has 0 unspecified atom stereocenters. The van der Waals surface area contributed by atoms with E-state index in [-0.39, 0.29) is 23.0 Å². The molecule has 0 aliphatic heterocycles. The molecule has 3 heteroatoms. The van der Waals surface area contributed by atoms with Crippen molar-refractivity contribution >= 4 is 6.08 Å². The second-order valence-electron chi connectivity index (χ2n) is 10.8. The van der Waals surface area contributed by atoms with Crippen molar-refractivity contribution in [1.29, 1.82) is 0 Å². The summed E-state index contributed by atoms with van der Waals surface area (Å²) in [7, 11) is 1.69. The Morgan fingerprint density at radius 1 is 1.00 bits per heavy atom. The van der Waals surface area contributed by atoms with Crippen molar-refractivity contribution in [2.24, 2.45) is 28.6 Å². The van der Waals surface area contributed by atoms with Crippen LogP contribution in [0.5, 0.6) is 5.75 Å². The van der Waals surface area contributed by atoms with Crippen molar-refractivity contribution in [2.45, 2.75) is 71.0 Å². The topological polar surface area (TPSA) is 49.7 Å². The van der Waals surface area contributed by atoms with Crippen molar-refractivity contribution < 1.29 is 14.9 Å². The lowest BCUT2D eigenvalue weighted by Gasteiger charge is -2.57. The minimum Gasteiger partial charge on any atom is -0.497 e. The highest BCUT2D eigenvalue weighted by atomic mass is 16.5. The Hall–Kier alpha value is -1.58. The summed E-state index contributed by atoms with van der Waals surface area (Å²) in [6, 6.07) is 8.14. The third-order valence-electron chi connectivity index (χ3n) is 9.41. The standard InChI is InChI=1S/C27H36O3/c1-26-12-10-20(28)16-19(26)6-9-22-23(26)11-13-27(2)24(22)15-18(25(27)29)14-17-4-7-21(30-3)8-5-17/h4-8,14,20,22-25,28-29H,9-13,15-16H2,1-3H3/b18-14+/t20-,22-,23+,24+,25+,26-,27-/m0/s1. The van der Waals surface area contributed by atoms with Gasteiger partial charge in [0.1, 0.15) is 5.75 Å². The maximum atomic E-state index is 11.4. The zero-order chi connectivity index (χ0) is 21.1. The summed E-state index contributed by atoms with van der Waals surface area (Å²) >= 11 is 0. The summed E-state index contributed by atoms with van der Waals surface area (Å²) in [5, 5.41) is 21.6. The Morgan fingerprint density at radius 3 is 2.50 bits per heavy atom. The SMILES string of the molecule is COc1ccc(/C=C2\C[C@@H]3[C@H]4CC=C5C[C@@H](O)CC[C@]5(C)[C@@H]4CC[C@]3(C)[C@@H]2O)cc1. The zero-order valence-corrected chi connectivity index (χ0v) is 18.6. The van der Waals surface area contributed by atoms with Crippen molar-refractivity contribution in [2.75, 3.05) is 7.11 Å². The quantitative estimate of drug-likeness (QED) is 0.647. The molecule has 0 bridgehead atoms. The second-order valence-corrected chi connectivity index (χ2v) is 10.8. The van der Waals surface area contributed by atoms with Crippen LogP contribution in [0.4, 0.5) is 0 Å². The van der Waals surface area contributed by atoms with Crippen LogP contribution >= 0.6 is 0 Å². The number of methoxy groups -OCH3 is 1. The molecule has 5 rings (SSSR count). The van der Waals surface area contributed by atoms with Crippen LogP contribution in [0.1, 0.15) is 64.4 Å². The van der Waals surface area contributed by atoms with Gasteiger partial charge in [-0.1, -0.05) is 43.7 Å². The highest BCUT2D eigenvalue weighted by Gasteiger charge is 2.59. The van der Waals surface area contributed by atoms with Crippen molar-refractivity contribution in [1.82, 2.24) is 0 Å². The Kier molecular flexibility index (Phi) is 4.91. The summed E-state index contributed by atoms with van der Waals surface area (Å²) in [5.74, 6) is 2.74. The van der Waals surface area contributed by atoms with Crippen LogP contribution in [0.25, 0.3) is 6.08 Å². The van der Waals surface area contributed by atoms with E-state index in [0.29, 0.717) is 17.8 Å². The monoisotopic (exact) mass is 408 g/mol. The normalized spacial score (nSPS) is 44.1. The van der Waals surface area contributed by atoms with Crippen molar-refractivity contribution in [3.05, 3.63) is 47.1 Å². The number of ether oxygens (including phenoxy) is 1. The van der Waals surface area contributed by atoms with E-state index in [2.05, 4.69) is 38.1 Å². The van der Waals surface area contributed by atoms with E-state index in [4.69, 9.17) is 4.74 Å². The fraction of sp³-hybridized carbons (Fsp3) is 0.630. The Balaban J connectivity index is 1.44. The first kappa shape index (κ1) is 20.3. The van der Waals surface area contributed by atoms with Crippen LogP contribution in [0.15, 0.2) is 41.5 Å². The molecule has 0 amide bonds. The van der Waals surface area contributed by atoms with Crippen LogP contribution in [0.3, 0.4) is 0 Å². The van der Waals surface area contributed by atoms with E-state index in [1.54, 1.807) is 7.11 Å². The number of hydrogen-bond donors (Lipinski definition) is 2. The van der Waals surface area contributed by atoms with Crippen LogP contribution in [-0.2, 0) is 0 Å². The van der Waals surface area contributed by atoms with Crippen LogP contribution in [0, 0.1) is 28.6 Å². The summed E-state index contributed by atoms with van der Waals surface area (Å²) in [6.45, 7) is 4.79. The maximum Gasteiger partial charge on any atom is 0.118 e. The number of hydrogen-bond acceptors (Lipinski definition) is 3. The smallest absolute Gasteiger partial charge is 0.118 e. The lowest BCUT2D eigenvalue weighted by Crippen LogP contribution is -2.51. The average molecular weight is 409 g/mol. The molecule has 1 aromatic rings. The number of aliphatic hydroxyl groups is 2. The van der Waals surface area contributed by atoms with Crippen molar-refractivity contribution in [3.63, 3.8) is 0 Å². The minimum absolute atomic E-state index is 0.0185. The molecule has 0 radical (unpaired) electrons. The largest absolute Gasteiger partial charge is 0.497 e. The van der Waals surface area contributed by atoms with E-state index in [1.165, 1.54) is 17.6 Å². The lowest BCUT2D eigenvalue weighted by molar-refractivity contribution is -0.0685. The number of fused-ring (bicyclic) bond motifs is 5. The maximum absolute atomic E-state index is 11.4.